The van der Waals surface area contributed by atoms with Gasteiger partial charge in [0, 0.05) is 12.0 Å². The van der Waals surface area contributed by atoms with Gasteiger partial charge < -0.3 is 19.3 Å². The molecule has 1 fully saturated rings. The average molecular weight is 547 g/mol. The third-order valence-electron chi connectivity index (χ3n) is 8.01. The first-order valence-corrected chi connectivity index (χ1v) is 14.3. The van der Waals surface area contributed by atoms with E-state index in [1.165, 1.54) is 0 Å². The van der Waals surface area contributed by atoms with Gasteiger partial charge >= 0.3 is 5.97 Å². The first-order chi connectivity index (χ1) is 19.1. The van der Waals surface area contributed by atoms with E-state index in [0.717, 1.165) is 52.0 Å². The number of fused-ring (bicyclic) bond motifs is 1. The first-order valence-electron chi connectivity index (χ1n) is 14.3. The van der Waals surface area contributed by atoms with Gasteiger partial charge in [0.2, 0.25) is 0 Å². The zero-order valence-corrected chi connectivity index (χ0v) is 24.1. The molecule has 0 amide bonds. The monoisotopic (exact) mass is 546 g/mol. The van der Waals surface area contributed by atoms with Crippen LogP contribution in [0.25, 0.3) is 11.1 Å². The zero-order chi connectivity index (χ0) is 28.6. The van der Waals surface area contributed by atoms with Gasteiger partial charge in [-0.1, -0.05) is 18.2 Å². The number of halogens is 1. The summed E-state index contributed by atoms with van der Waals surface area (Å²) >= 11 is 0. The van der Waals surface area contributed by atoms with Crippen molar-refractivity contribution in [2.45, 2.75) is 77.9 Å². The highest BCUT2D eigenvalue weighted by Gasteiger charge is 2.45. The number of benzene rings is 3. The minimum absolute atomic E-state index is 0.0545. The summed E-state index contributed by atoms with van der Waals surface area (Å²) in [7, 11) is 0. The van der Waals surface area contributed by atoms with Gasteiger partial charge in [-0.2, -0.15) is 0 Å². The summed E-state index contributed by atoms with van der Waals surface area (Å²) in [5, 5.41) is 9.97. The van der Waals surface area contributed by atoms with Gasteiger partial charge in [-0.15, -0.1) is 0 Å². The third-order valence-corrected chi connectivity index (χ3v) is 8.01. The van der Waals surface area contributed by atoms with E-state index in [-0.39, 0.29) is 29.7 Å². The molecule has 0 bridgehead atoms. The SMILES string of the molecule is CCOC(=O)[C@H]1C[C@@H]1c1ccc(O[C@@H]2CCc3c(-c4c(C)cc(OCCC(C)(C)O)cc4C)ccc(F)c32)cc1. The highest BCUT2D eigenvalue weighted by molar-refractivity contribution is 5.78. The fourth-order valence-corrected chi connectivity index (χ4v) is 5.91. The molecule has 6 heteroatoms. The van der Waals surface area contributed by atoms with Crippen molar-refractivity contribution >= 4 is 5.97 Å². The number of ether oxygens (including phenoxy) is 3. The van der Waals surface area contributed by atoms with Crippen LogP contribution in [-0.2, 0) is 16.0 Å². The molecule has 3 aromatic carbocycles. The molecular formula is C34H39FO5. The van der Waals surface area contributed by atoms with E-state index in [0.29, 0.717) is 37.4 Å². The van der Waals surface area contributed by atoms with E-state index < -0.39 is 5.60 Å². The van der Waals surface area contributed by atoms with E-state index in [1.807, 2.05) is 49.4 Å². The van der Waals surface area contributed by atoms with E-state index in [9.17, 15) is 9.90 Å². The number of aryl methyl sites for hydroxylation is 2. The molecule has 1 saturated carbocycles. The molecule has 40 heavy (non-hydrogen) atoms. The molecule has 2 aliphatic rings. The van der Waals surface area contributed by atoms with Crippen LogP contribution in [0.5, 0.6) is 11.5 Å². The Labute approximate surface area is 236 Å². The molecule has 3 aromatic rings. The Bertz CT molecular complexity index is 1370. The van der Waals surface area contributed by atoms with Crippen LogP contribution in [0, 0.1) is 25.6 Å². The zero-order valence-electron chi connectivity index (χ0n) is 24.1. The standard InChI is InChI=1S/C34H39FO5/c1-6-38-33(36)28-19-27(28)22-7-9-23(10-8-22)40-30-14-12-26-25(11-13-29(35)32(26)30)31-20(2)17-24(18-21(31)3)39-16-15-34(4,5)37/h7-11,13,17-18,27-28,30,37H,6,12,14-16,19H2,1-5H3/t27-,28+,30-/m1/s1. The summed E-state index contributed by atoms with van der Waals surface area (Å²) in [5.41, 5.74) is 6.22. The van der Waals surface area contributed by atoms with Crippen molar-refractivity contribution in [2.24, 2.45) is 5.92 Å². The average Bonchev–Trinajstić information content (AvgIpc) is 3.58. The lowest BCUT2D eigenvalue weighted by atomic mass is 9.90. The topological polar surface area (TPSA) is 65.0 Å². The summed E-state index contributed by atoms with van der Waals surface area (Å²) < 4.78 is 32.6. The smallest absolute Gasteiger partial charge is 0.309 e. The minimum atomic E-state index is -0.774. The van der Waals surface area contributed by atoms with Crippen LogP contribution in [0.15, 0.2) is 48.5 Å². The number of carbonyl (C=O) groups is 1. The van der Waals surface area contributed by atoms with Crippen molar-refractivity contribution < 1.29 is 28.5 Å². The van der Waals surface area contributed by atoms with E-state index in [1.54, 1.807) is 19.9 Å². The molecule has 212 valence electrons. The van der Waals surface area contributed by atoms with Crippen LogP contribution in [0.4, 0.5) is 4.39 Å². The summed E-state index contributed by atoms with van der Waals surface area (Å²) in [6.45, 7) is 10.3. The fourth-order valence-electron chi connectivity index (χ4n) is 5.91. The van der Waals surface area contributed by atoms with Gasteiger partial charge in [0.05, 0.1) is 24.7 Å². The lowest BCUT2D eigenvalue weighted by Gasteiger charge is -2.20. The molecule has 0 saturated heterocycles. The number of rotatable bonds is 10. The van der Waals surface area contributed by atoms with Crippen molar-refractivity contribution in [2.75, 3.05) is 13.2 Å². The van der Waals surface area contributed by atoms with Gasteiger partial charge in [0.25, 0.3) is 0 Å². The molecule has 3 atom stereocenters. The van der Waals surface area contributed by atoms with Crippen LogP contribution in [0.1, 0.15) is 79.9 Å². The molecule has 0 heterocycles. The van der Waals surface area contributed by atoms with E-state index in [4.69, 9.17) is 14.2 Å². The van der Waals surface area contributed by atoms with Gasteiger partial charge in [0.15, 0.2) is 0 Å². The Kier molecular flexibility index (Phi) is 7.92. The normalized spacial score (nSPS) is 19.7. The van der Waals surface area contributed by atoms with Crippen LogP contribution in [0.3, 0.4) is 0 Å². The largest absolute Gasteiger partial charge is 0.493 e. The second-order valence-corrected chi connectivity index (χ2v) is 11.7. The number of carbonyl (C=O) groups excluding carboxylic acids is 1. The van der Waals surface area contributed by atoms with Crippen molar-refractivity contribution in [1.29, 1.82) is 0 Å². The molecule has 5 nitrogen and oxygen atoms in total. The number of esters is 1. The lowest BCUT2D eigenvalue weighted by Crippen LogP contribution is -2.21. The van der Waals surface area contributed by atoms with Crippen molar-refractivity contribution in [3.63, 3.8) is 0 Å². The summed E-state index contributed by atoms with van der Waals surface area (Å²) in [5.74, 6) is 1.24. The van der Waals surface area contributed by atoms with Gasteiger partial charge in [-0.05, 0) is 124 Å². The molecule has 1 N–H and O–H groups in total. The molecule has 0 unspecified atom stereocenters. The third kappa shape index (κ3) is 6.02. The Morgan fingerprint density at radius 2 is 1.75 bits per heavy atom. The molecule has 0 aromatic heterocycles. The maximum Gasteiger partial charge on any atom is 0.309 e. The fraction of sp³-hybridized carbons (Fsp3) is 0.441. The number of hydrogen-bond donors (Lipinski definition) is 1. The maximum absolute atomic E-state index is 15.2. The highest BCUT2D eigenvalue weighted by atomic mass is 19.1. The predicted molar refractivity (Wildman–Crippen MR) is 153 cm³/mol. The van der Waals surface area contributed by atoms with Crippen LogP contribution >= 0.6 is 0 Å². The molecule has 5 rings (SSSR count). The van der Waals surface area contributed by atoms with Crippen LogP contribution in [-0.4, -0.2) is 29.9 Å². The van der Waals surface area contributed by atoms with Gasteiger partial charge in [-0.3, -0.25) is 4.79 Å². The maximum atomic E-state index is 15.2. The van der Waals surface area contributed by atoms with Crippen molar-refractivity contribution in [3.8, 4) is 22.6 Å². The van der Waals surface area contributed by atoms with E-state index in [2.05, 4.69) is 13.8 Å². The number of hydrogen-bond acceptors (Lipinski definition) is 5. The molecule has 2 aliphatic carbocycles. The lowest BCUT2D eigenvalue weighted by molar-refractivity contribution is -0.144. The molecule has 0 radical (unpaired) electrons. The van der Waals surface area contributed by atoms with E-state index >= 15 is 4.39 Å². The van der Waals surface area contributed by atoms with Crippen LogP contribution in [0.2, 0.25) is 0 Å². The summed E-state index contributed by atoms with van der Waals surface area (Å²) in [4.78, 5) is 12.0. The Hall–Kier alpha value is -3.38. The highest BCUT2D eigenvalue weighted by Crippen LogP contribution is 2.49. The molecule has 0 aliphatic heterocycles. The van der Waals surface area contributed by atoms with Crippen molar-refractivity contribution in [1.82, 2.24) is 0 Å². The minimum Gasteiger partial charge on any atom is -0.493 e. The Balaban J connectivity index is 1.32. The Morgan fingerprint density at radius 3 is 2.40 bits per heavy atom. The second-order valence-electron chi connectivity index (χ2n) is 11.7. The molecular weight excluding hydrogens is 507 g/mol. The number of aliphatic hydroxyl groups is 1. The Morgan fingerprint density at radius 1 is 1.05 bits per heavy atom. The van der Waals surface area contributed by atoms with Gasteiger partial charge in [0.1, 0.15) is 23.4 Å². The van der Waals surface area contributed by atoms with Crippen molar-refractivity contribution in [3.05, 3.63) is 82.2 Å². The van der Waals surface area contributed by atoms with Gasteiger partial charge in [-0.25, -0.2) is 4.39 Å². The second kappa shape index (κ2) is 11.2. The quantitative estimate of drug-likeness (QED) is 0.269. The van der Waals surface area contributed by atoms with Crippen LogP contribution < -0.4 is 9.47 Å². The summed E-state index contributed by atoms with van der Waals surface area (Å²) in [6, 6.07) is 15.3. The molecule has 0 spiro atoms. The first kappa shape index (κ1) is 28.2. The predicted octanol–water partition coefficient (Wildman–Crippen LogP) is 7.38. The summed E-state index contributed by atoms with van der Waals surface area (Å²) in [6.07, 6.45) is 2.43.